The first-order valence-corrected chi connectivity index (χ1v) is 3.79. The highest BCUT2D eigenvalue weighted by atomic mass is 16.5. The molecular formula is C10H9NO2. The molecule has 0 fully saturated rings. The summed E-state index contributed by atoms with van der Waals surface area (Å²) in [4.78, 5) is 13.5. The molecule has 1 aromatic rings. The molecule has 0 heterocycles. The van der Waals surface area contributed by atoms with Crippen LogP contribution in [0.3, 0.4) is 0 Å². The van der Waals surface area contributed by atoms with Crippen molar-refractivity contribution < 1.29 is 9.53 Å². The molecule has 13 heavy (non-hydrogen) atoms. The van der Waals surface area contributed by atoms with Gasteiger partial charge in [-0.1, -0.05) is 24.8 Å². The maximum Gasteiger partial charge on any atom is 0.240 e. The zero-order valence-electron chi connectivity index (χ0n) is 7.06. The number of para-hydroxylation sites is 2. The van der Waals surface area contributed by atoms with E-state index in [4.69, 9.17) is 4.74 Å². The molecule has 0 saturated carbocycles. The Labute approximate surface area is 76.4 Å². The second-order valence-corrected chi connectivity index (χ2v) is 2.27. The highest BCUT2D eigenvalue weighted by Gasteiger charge is 1.98. The van der Waals surface area contributed by atoms with Gasteiger partial charge in [-0.2, -0.15) is 4.99 Å². The average molecular weight is 175 g/mol. The van der Waals surface area contributed by atoms with Crippen LogP contribution in [-0.2, 0) is 4.79 Å². The molecule has 0 saturated heterocycles. The number of isocyanates is 1. The lowest BCUT2D eigenvalue weighted by Gasteiger charge is -2.03. The number of carbonyl (C=O) groups excluding carboxylic acids is 1. The van der Waals surface area contributed by atoms with E-state index in [9.17, 15) is 4.79 Å². The largest absolute Gasteiger partial charge is 0.487 e. The van der Waals surface area contributed by atoms with Gasteiger partial charge in [-0.25, -0.2) is 4.79 Å². The molecule has 3 nitrogen and oxygen atoms in total. The number of aliphatic imine (C=N–C) groups is 1. The van der Waals surface area contributed by atoms with E-state index in [-0.39, 0.29) is 0 Å². The minimum atomic E-state index is 0.394. The first-order valence-electron chi connectivity index (χ1n) is 3.79. The van der Waals surface area contributed by atoms with Crippen molar-refractivity contribution in [1.29, 1.82) is 0 Å². The van der Waals surface area contributed by atoms with Gasteiger partial charge in [-0.3, -0.25) is 0 Å². The molecule has 3 heteroatoms. The van der Waals surface area contributed by atoms with Gasteiger partial charge >= 0.3 is 0 Å². The smallest absolute Gasteiger partial charge is 0.240 e. The van der Waals surface area contributed by atoms with Gasteiger partial charge in [0.1, 0.15) is 18.0 Å². The lowest BCUT2D eigenvalue weighted by Crippen LogP contribution is -1.92. The molecule has 0 N–H and O–H groups in total. The molecule has 1 aromatic carbocycles. The summed E-state index contributed by atoms with van der Waals surface area (Å²) >= 11 is 0. The van der Waals surface area contributed by atoms with Crippen molar-refractivity contribution in [2.75, 3.05) is 6.61 Å². The highest BCUT2D eigenvalue weighted by Crippen LogP contribution is 2.25. The lowest BCUT2D eigenvalue weighted by molar-refractivity contribution is 0.364. The summed E-state index contributed by atoms with van der Waals surface area (Å²) in [5.74, 6) is 0.561. The highest BCUT2D eigenvalue weighted by molar-refractivity contribution is 5.57. The third kappa shape index (κ3) is 2.58. The van der Waals surface area contributed by atoms with Gasteiger partial charge in [0.25, 0.3) is 0 Å². The van der Waals surface area contributed by atoms with Crippen LogP contribution in [0.5, 0.6) is 5.75 Å². The number of ether oxygens (including phenoxy) is 1. The molecule has 0 amide bonds. The average Bonchev–Trinajstić information content (AvgIpc) is 2.17. The molecule has 0 aromatic heterocycles. The van der Waals surface area contributed by atoms with Crippen molar-refractivity contribution in [3.63, 3.8) is 0 Å². The maximum atomic E-state index is 10.0. The van der Waals surface area contributed by atoms with Gasteiger partial charge < -0.3 is 4.74 Å². The van der Waals surface area contributed by atoms with Crippen molar-refractivity contribution >= 4 is 11.8 Å². The van der Waals surface area contributed by atoms with E-state index in [0.717, 1.165) is 0 Å². The number of nitrogens with zero attached hydrogens (tertiary/aromatic N) is 1. The normalized spacial score (nSPS) is 8.62. The Balaban J connectivity index is 2.90. The van der Waals surface area contributed by atoms with Gasteiger partial charge in [0.15, 0.2) is 0 Å². The van der Waals surface area contributed by atoms with Crippen LogP contribution in [0.25, 0.3) is 0 Å². The molecule has 0 aliphatic carbocycles. The van der Waals surface area contributed by atoms with E-state index >= 15 is 0 Å². The molecular weight excluding hydrogens is 166 g/mol. The second-order valence-electron chi connectivity index (χ2n) is 2.27. The van der Waals surface area contributed by atoms with Gasteiger partial charge in [-0.15, -0.1) is 0 Å². The molecule has 0 bridgehead atoms. The van der Waals surface area contributed by atoms with Gasteiger partial charge in [-0.05, 0) is 12.1 Å². The predicted octanol–water partition coefficient (Wildman–Crippen LogP) is 2.22. The zero-order valence-corrected chi connectivity index (χ0v) is 7.06. The van der Waals surface area contributed by atoms with E-state index in [1.165, 1.54) is 6.08 Å². The van der Waals surface area contributed by atoms with Crippen LogP contribution >= 0.6 is 0 Å². The SMILES string of the molecule is C=CCOc1ccccc1N=C=O. The minimum Gasteiger partial charge on any atom is -0.487 e. The first-order chi connectivity index (χ1) is 6.38. The van der Waals surface area contributed by atoms with E-state index in [2.05, 4.69) is 11.6 Å². The number of hydrogen-bond acceptors (Lipinski definition) is 3. The Morgan fingerprint density at radius 2 is 2.31 bits per heavy atom. The van der Waals surface area contributed by atoms with Crippen molar-refractivity contribution in [3.05, 3.63) is 36.9 Å². The topological polar surface area (TPSA) is 38.7 Å². The van der Waals surface area contributed by atoms with Crippen molar-refractivity contribution in [2.45, 2.75) is 0 Å². The van der Waals surface area contributed by atoms with Crippen LogP contribution in [0, 0.1) is 0 Å². The number of hydrogen-bond donors (Lipinski definition) is 0. The van der Waals surface area contributed by atoms with Crippen LogP contribution in [-0.4, -0.2) is 12.7 Å². The standard InChI is InChI=1S/C10H9NO2/c1-2-7-13-10-6-4-3-5-9(10)11-8-12/h2-6H,1,7H2. The van der Waals surface area contributed by atoms with Crippen LogP contribution in [0.2, 0.25) is 0 Å². The number of rotatable bonds is 4. The summed E-state index contributed by atoms with van der Waals surface area (Å²) in [6.45, 7) is 3.91. The van der Waals surface area contributed by atoms with Crippen molar-refractivity contribution in [3.8, 4) is 5.75 Å². The summed E-state index contributed by atoms with van der Waals surface area (Å²) in [6.07, 6.45) is 3.10. The number of benzene rings is 1. The fourth-order valence-corrected chi connectivity index (χ4v) is 0.869. The maximum absolute atomic E-state index is 10.0. The molecule has 1 rings (SSSR count). The minimum absolute atomic E-state index is 0.394. The third-order valence-corrected chi connectivity index (χ3v) is 1.39. The molecule has 0 aliphatic heterocycles. The molecule has 0 unspecified atom stereocenters. The summed E-state index contributed by atoms with van der Waals surface area (Å²) in [5.41, 5.74) is 0.486. The fourth-order valence-electron chi connectivity index (χ4n) is 0.869. The Morgan fingerprint density at radius 1 is 1.54 bits per heavy atom. The van der Waals surface area contributed by atoms with Crippen LogP contribution in [0.4, 0.5) is 5.69 Å². The van der Waals surface area contributed by atoms with E-state index in [1.807, 2.05) is 6.07 Å². The van der Waals surface area contributed by atoms with E-state index < -0.39 is 0 Å². The monoisotopic (exact) mass is 175 g/mol. The van der Waals surface area contributed by atoms with Crippen LogP contribution in [0.1, 0.15) is 0 Å². The zero-order chi connectivity index (χ0) is 9.52. The Morgan fingerprint density at radius 3 is 3.00 bits per heavy atom. The van der Waals surface area contributed by atoms with Gasteiger partial charge in [0.2, 0.25) is 6.08 Å². The molecule has 0 aliphatic rings. The van der Waals surface area contributed by atoms with Gasteiger partial charge in [0.05, 0.1) is 0 Å². The van der Waals surface area contributed by atoms with Crippen LogP contribution < -0.4 is 4.74 Å². The first kappa shape index (κ1) is 9.23. The summed E-state index contributed by atoms with van der Waals surface area (Å²) < 4.78 is 5.25. The molecule has 66 valence electrons. The van der Waals surface area contributed by atoms with Crippen molar-refractivity contribution in [2.24, 2.45) is 4.99 Å². The van der Waals surface area contributed by atoms with E-state index in [1.54, 1.807) is 24.3 Å². The lowest BCUT2D eigenvalue weighted by atomic mass is 10.3. The second kappa shape index (κ2) is 4.91. The third-order valence-electron chi connectivity index (χ3n) is 1.39. The summed E-state index contributed by atoms with van der Waals surface area (Å²) in [6, 6.07) is 7.00. The predicted molar refractivity (Wildman–Crippen MR) is 49.9 cm³/mol. The Bertz CT molecular complexity index is 341. The molecule has 0 radical (unpaired) electrons. The Hall–Kier alpha value is -1.86. The summed E-state index contributed by atoms with van der Waals surface area (Å²) in [7, 11) is 0. The molecule has 0 spiro atoms. The van der Waals surface area contributed by atoms with E-state index in [0.29, 0.717) is 18.0 Å². The quantitative estimate of drug-likeness (QED) is 0.400. The molecule has 0 atom stereocenters. The van der Waals surface area contributed by atoms with Gasteiger partial charge in [0, 0.05) is 0 Å². The van der Waals surface area contributed by atoms with Crippen molar-refractivity contribution in [1.82, 2.24) is 0 Å². The summed E-state index contributed by atoms with van der Waals surface area (Å²) in [5, 5.41) is 0. The van der Waals surface area contributed by atoms with Crippen LogP contribution in [0.15, 0.2) is 41.9 Å². The fraction of sp³-hybridized carbons (Fsp3) is 0.100. The Kier molecular flexibility index (Phi) is 3.48.